The maximum absolute atomic E-state index is 6.03. The predicted molar refractivity (Wildman–Crippen MR) is 97.8 cm³/mol. The van der Waals surface area contributed by atoms with Crippen LogP contribution in [0.5, 0.6) is 0 Å². The van der Waals surface area contributed by atoms with Crippen molar-refractivity contribution in [1.29, 1.82) is 0 Å². The molecule has 0 saturated heterocycles. The van der Waals surface area contributed by atoms with Crippen LogP contribution in [-0.2, 0) is 0 Å². The van der Waals surface area contributed by atoms with Gasteiger partial charge in [-0.2, -0.15) is 0 Å². The summed E-state index contributed by atoms with van der Waals surface area (Å²) in [5, 5.41) is 0. The van der Waals surface area contributed by atoms with Gasteiger partial charge in [0.15, 0.2) is 0 Å². The summed E-state index contributed by atoms with van der Waals surface area (Å²) in [4.78, 5) is 0. The Morgan fingerprint density at radius 1 is 0.476 bits per heavy atom. The van der Waals surface area contributed by atoms with Gasteiger partial charge in [-0.15, -0.1) is 0 Å². The summed E-state index contributed by atoms with van der Waals surface area (Å²) in [6.07, 6.45) is 23.8. The summed E-state index contributed by atoms with van der Waals surface area (Å²) >= 11 is 0. The topological polar surface area (TPSA) is 26.0 Å². The van der Waals surface area contributed by atoms with Crippen LogP contribution in [0.2, 0.25) is 0 Å². The van der Waals surface area contributed by atoms with Gasteiger partial charge in [0.05, 0.1) is 0 Å². The Morgan fingerprint density at radius 2 is 0.857 bits per heavy atom. The molecule has 0 radical (unpaired) electrons. The largest absolute Gasteiger partial charge is 0.328 e. The van der Waals surface area contributed by atoms with Gasteiger partial charge in [-0.25, -0.2) is 0 Å². The van der Waals surface area contributed by atoms with E-state index in [9.17, 15) is 0 Å². The second-order valence-electron chi connectivity index (χ2n) is 6.93. The highest BCUT2D eigenvalue weighted by molar-refractivity contribution is 4.60. The van der Waals surface area contributed by atoms with Crippen LogP contribution in [0.15, 0.2) is 0 Å². The minimum absolute atomic E-state index is 0.465. The number of nitrogens with two attached hydrogens (primary N) is 1. The molecule has 1 unspecified atom stereocenters. The number of hydrogen-bond acceptors (Lipinski definition) is 1. The third-order valence-electron chi connectivity index (χ3n) is 4.59. The molecule has 0 aliphatic rings. The lowest BCUT2D eigenvalue weighted by molar-refractivity contribution is 0.499. The molecule has 0 bridgehead atoms. The van der Waals surface area contributed by atoms with Crippen LogP contribution in [0.1, 0.15) is 123 Å². The normalized spacial score (nSPS) is 12.7. The second kappa shape index (κ2) is 18.0. The summed E-state index contributed by atoms with van der Waals surface area (Å²) in [6.45, 7) is 4.52. The zero-order chi connectivity index (χ0) is 15.6. The Balaban J connectivity index is 2.99. The molecule has 0 spiro atoms. The minimum Gasteiger partial charge on any atom is -0.328 e. The summed E-state index contributed by atoms with van der Waals surface area (Å²) < 4.78 is 0. The van der Waals surface area contributed by atoms with E-state index >= 15 is 0 Å². The van der Waals surface area contributed by atoms with Gasteiger partial charge >= 0.3 is 0 Å². The lowest BCUT2D eigenvalue weighted by atomic mass is 10.0. The third-order valence-corrected chi connectivity index (χ3v) is 4.59. The van der Waals surface area contributed by atoms with Gasteiger partial charge in [-0.05, 0) is 12.8 Å². The SMILES string of the molecule is CCCCCCCCCCCCCCCCC(N)CCC. The molecule has 0 amide bonds. The zero-order valence-electron chi connectivity index (χ0n) is 15.2. The van der Waals surface area contributed by atoms with Crippen molar-refractivity contribution in [2.45, 2.75) is 129 Å². The highest BCUT2D eigenvalue weighted by Crippen LogP contribution is 2.14. The monoisotopic (exact) mass is 297 g/mol. The van der Waals surface area contributed by atoms with Crippen LogP contribution in [0.3, 0.4) is 0 Å². The molecular formula is C20H43N. The van der Waals surface area contributed by atoms with Crippen molar-refractivity contribution >= 4 is 0 Å². The maximum Gasteiger partial charge on any atom is 0.00387 e. The molecule has 2 N–H and O–H groups in total. The van der Waals surface area contributed by atoms with Gasteiger partial charge in [-0.1, -0.05) is 110 Å². The molecule has 0 fully saturated rings. The summed E-state index contributed by atoms with van der Waals surface area (Å²) in [5.74, 6) is 0. The van der Waals surface area contributed by atoms with Crippen LogP contribution in [0.25, 0.3) is 0 Å². The minimum atomic E-state index is 0.465. The van der Waals surface area contributed by atoms with E-state index in [-0.39, 0.29) is 0 Å². The summed E-state index contributed by atoms with van der Waals surface area (Å²) in [6, 6.07) is 0.465. The maximum atomic E-state index is 6.03. The fourth-order valence-corrected chi connectivity index (χ4v) is 3.12. The molecule has 0 saturated carbocycles. The standard InChI is InChI=1S/C20H43N/c1-3-5-6-7-8-9-10-11-12-13-14-15-16-17-19-20(21)18-4-2/h20H,3-19,21H2,1-2H3. The Hall–Kier alpha value is -0.0400. The first-order valence-electron chi connectivity index (χ1n) is 10.1. The first-order valence-corrected chi connectivity index (χ1v) is 10.1. The molecule has 0 aliphatic heterocycles. The molecule has 1 heteroatoms. The number of hydrogen-bond donors (Lipinski definition) is 1. The summed E-state index contributed by atoms with van der Waals surface area (Å²) in [7, 11) is 0. The van der Waals surface area contributed by atoms with Gasteiger partial charge in [-0.3, -0.25) is 0 Å². The van der Waals surface area contributed by atoms with Crippen molar-refractivity contribution in [2.24, 2.45) is 5.73 Å². The van der Waals surface area contributed by atoms with E-state index in [0.29, 0.717) is 6.04 Å². The highest BCUT2D eigenvalue weighted by Gasteiger charge is 2.00. The van der Waals surface area contributed by atoms with Crippen LogP contribution in [-0.4, -0.2) is 6.04 Å². The fourth-order valence-electron chi connectivity index (χ4n) is 3.12. The Morgan fingerprint density at radius 3 is 1.24 bits per heavy atom. The molecule has 21 heavy (non-hydrogen) atoms. The molecule has 1 nitrogen and oxygen atoms in total. The van der Waals surface area contributed by atoms with Crippen LogP contribution in [0, 0.1) is 0 Å². The quantitative estimate of drug-likeness (QED) is 0.288. The first-order chi connectivity index (χ1) is 10.3. The van der Waals surface area contributed by atoms with Crippen molar-refractivity contribution < 1.29 is 0 Å². The molecule has 0 aromatic heterocycles. The molecule has 128 valence electrons. The van der Waals surface area contributed by atoms with E-state index in [2.05, 4.69) is 13.8 Å². The van der Waals surface area contributed by atoms with Gasteiger partial charge in [0, 0.05) is 6.04 Å². The first kappa shape index (κ1) is 21.0. The van der Waals surface area contributed by atoms with Crippen molar-refractivity contribution in [2.75, 3.05) is 0 Å². The molecule has 0 aromatic rings. The van der Waals surface area contributed by atoms with Crippen LogP contribution >= 0.6 is 0 Å². The van der Waals surface area contributed by atoms with E-state index in [1.54, 1.807) is 0 Å². The fraction of sp³-hybridized carbons (Fsp3) is 1.00. The smallest absolute Gasteiger partial charge is 0.00387 e. The second-order valence-corrected chi connectivity index (χ2v) is 6.93. The lowest BCUT2D eigenvalue weighted by Crippen LogP contribution is -2.18. The van der Waals surface area contributed by atoms with Gasteiger partial charge < -0.3 is 5.73 Å². The van der Waals surface area contributed by atoms with Crippen LogP contribution < -0.4 is 5.73 Å². The molecule has 0 aromatic carbocycles. The van der Waals surface area contributed by atoms with Crippen molar-refractivity contribution in [3.63, 3.8) is 0 Å². The van der Waals surface area contributed by atoms with E-state index < -0.39 is 0 Å². The van der Waals surface area contributed by atoms with E-state index in [1.807, 2.05) is 0 Å². The van der Waals surface area contributed by atoms with E-state index in [0.717, 1.165) is 0 Å². The van der Waals surface area contributed by atoms with Gasteiger partial charge in [0.25, 0.3) is 0 Å². The van der Waals surface area contributed by atoms with Crippen molar-refractivity contribution in [3.8, 4) is 0 Å². The third kappa shape index (κ3) is 17.9. The average molecular weight is 298 g/mol. The predicted octanol–water partition coefficient (Wildman–Crippen LogP) is 6.99. The molecule has 0 heterocycles. The zero-order valence-corrected chi connectivity index (χ0v) is 15.2. The average Bonchev–Trinajstić information content (AvgIpc) is 2.48. The Bertz CT molecular complexity index is 179. The number of rotatable bonds is 17. The van der Waals surface area contributed by atoms with Gasteiger partial charge in [0.1, 0.15) is 0 Å². The molecule has 0 rings (SSSR count). The Labute approximate surface area is 135 Å². The highest BCUT2D eigenvalue weighted by atomic mass is 14.6. The van der Waals surface area contributed by atoms with E-state index in [4.69, 9.17) is 5.73 Å². The van der Waals surface area contributed by atoms with Crippen molar-refractivity contribution in [3.05, 3.63) is 0 Å². The molecule has 1 atom stereocenters. The Kier molecular flexibility index (Phi) is 18.0. The van der Waals surface area contributed by atoms with Crippen molar-refractivity contribution in [1.82, 2.24) is 0 Å². The lowest BCUT2D eigenvalue weighted by Gasteiger charge is -2.09. The number of unbranched alkanes of at least 4 members (excludes halogenated alkanes) is 13. The van der Waals surface area contributed by atoms with E-state index in [1.165, 1.54) is 109 Å². The molecule has 0 aliphatic carbocycles. The summed E-state index contributed by atoms with van der Waals surface area (Å²) in [5.41, 5.74) is 6.03. The molecular weight excluding hydrogens is 254 g/mol. The van der Waals surface area contributed by atoms with Crippen LogP contribution in [0.4, 0.5) is 0 Å². The van der Waals surface area contributed by atoms with Gasteiger partial charge in [0.2, 0.25) is 0 Å².